The topological polar surface area (TPSA) is 104 Å². The highest BCUT2D eigenvalue weighted by Crippen LogP contribution is 2.56. The average Bonchev–Trinajstić information content (AvgIpc) is 3.19. The maximum absolute atomic E-state index is 6.41. The zero-order chi connectivity index (χ0) is 17.9. The standard InChI is InChI=1S/C18H18ClN5OS/c19-17-22-8-5-10(23-17)14-9-3-1-6-18(15(9)25-24-14)7-2-4-11-12(18)13(20)16(21)26-11/h5,8H,1-4,6-7,20-21H2/t18-/m0/s1. The smallest absolute Gasteiger partial charge is 0.222 e. The molecule has 0 amide bonds. The van der Waals surface area contributed by atoms with Crippen LogP contribution in [0.2, 0.25) is 5.28 Å². The molecule has 0 aliphatic heterocycles. The van der Waals surface area contributed by atoms with Gasteiger partial charge in [0, 0.05) is 22.2 Å². The van der Waals surface area contributed by atoms with Crippen molar-refractivity contribution in [1.82, 2.24) is 15.1 Å². The normalized spacial score (nSPS) is 21.6. The molecule has 0 fully saturated rings. The summed E-state index contributed by atoms with van der Waals surface area (Å²) in [5.41, 5.74) is 16.8. The van der Waals surface area contributed by atoms with Crippen molar-refractivity contribution >= 4 is 33.6 Å². The summed E-state index contributed by atoms with van der Waals surface area (Å²) in [6.45, 7) is 0. The molecule has 1 spiro atoms. The lowest BCUT2D eigenvalue weighted by atomic mass is 9.63. The van der Waals surface area contributed by atoms with E-state index in [-0.39, 0.29) is 10.7 Å². The molecule has 2 aliphatic rings. The predicted molar refractivity (Wildman–Crippen MR) is 102 cm³/mol. The number of hydrogen-bond acceptors (Lipinski definition) is 7. The van der Waals surface area contributed by atoms with Crippen LogP contribution in [-0.2, 0) is 18.3 Å². The second kappa shape index (κ2) is 5.69. The molecule has 0 saturated carbocycles. The summed E-state index contributed by atoms with van der Waals surface area (Å²) in [5, 5.41) is 5.30. The predicted octanol–water partition coefficient (Wildman–Crippen LogP) is 3.97. The maximum atomic E-state index is 6.41. The van der Waals surface area contributed by atoms with Crippen molar-refractivity contribution < 1.29 is 4.52 Å². The van der Waals surface area contributed by atoms with Crippen molar-refractivity contribution in [2.24, 2.45) is 0 Å². The van der Waals surface area contributed by atoms with Gasteiger partial charge in [-0.15, -0.1) is 11.3 Å². The van der Waals surface area contributed by atoms with Crippen LogP contribution >= 0.6 is 22.9 Å². The highest BCUT2D eigenvalue weighted by Gasteiger charge is 2.48. The monoisotopic (exact) mass is 387 g/mol. The molecule has 0 aromatic carbocycles. The average molecular weight is 388 g/mol. The molecule has 1 atom stereocenters. The number of nitrogens with zero attached hydrogens (tertiary/aromatic N) is 3. The molecule has 134 valence electrons. The number of fused-ring (bicyclic) bond motifs is 4. The first-order valence-corrected chi connectivity index (χ1v) is 9.94. The van der Waals surface area contributed by atoms with E-state index in [2.05, 4.69) is 15.1 Å². The van der Waals surface area contributed by atoms with Crippen LogP contribution < -0.4 is 11.5 Å². The number of nitrogen functional groups attached to an aromatic ring is 2. The van der Waals surface area contributed by atoms with Gasteiger partial charge < -0.3 is 16.0 Å². The van der Waals surface area contributed by atoms with Crippen molar-refractivity contribution in [3.05, 3.63) is 39.3 Å². The molecule has 0 bridgehead atoms. The Kier molecular flexibility index (Phi) is 3.52. The molecule has 5 rings (SSSR count). The van der Waals surface area contributed by atoms with Crippen molar-refractivity contribution in [2.45, 2.75) is 43.9 Å². The van der Waals surface area contributed by atoms with Crippen LogP contribution in [-0.4, -0.2) is 15.1 Å². The first kappa shape index (κ1) is 16.1. The van der Waals surface area contributed by atoms with Gasteiger partial charge in [-0.25, -0.2) is 9.97 Å². The fraction of sp³-hybridized carbons (Fsp3) is 0.389. The first-order chi connectivity index (χ1) is 12.6. The van der Waals surface area contributed by atoms with Gasteiger partial charge in [0.15, 0.2) is 5.76 Å². The summed E-state index contributed by atoms with van der Waals surface area (Å²) in [6, 6.07) is 1.81. The molecule has 2 aliphatic carbocycles. The highest BCUT2D eigenvalue weighted by atomic mass is 35.5. The molecule has 3 heterocycles. The molecule has 0 saturated heterocycles. The number of aryl methyl sites for hydroxylation is 1. The molecule has 4 N–H and O–H groups in total. The van der Waals surface area contributed by atoms with Gasteiger partial charge in [0.2, 0.25) is 5.28 Å². The van der Waals surface area contributed by atoms with Gasteiger partial charge in [0.1, 0.15) is 10.7 Å². The third-order valence-corrected chi connectivity index (χ3v) is 6.93. The minimum absolute atomic E-state index is 0.208. The van der Waals surface area contributed by atoms with Gasteiger partial charge in [-0.05, 0) is 56.2 Å². The van der Waals surface area contributed by atoms with Crippen LogP contribution in [0.25, 0.3) is 11.4 Å². The van der Waals surface area contributed by atoms with Gasteiger partial charge in [-0.2, -0.15) is 0 Å². The lowest BCUT2D eigenvalue weighted by Gasteiger charge is -2.39. The van der Waals surface area contributed by atoms with Crippen LogP contribution in [0.1, 0.15) is 47.4 Å². The highest BCUT2D eigenvalue weighted by molar-refractivity contribution is 7.16. The molecule has 0 unspecified atom stereocenters. The number of rotatable bonds is 1. The summed E-state index contributed by atoms with van der Waals surface area (Å²) in [5.74, 6) is 0.930. The van der Waals surface area contributed by atoms with E-state index < -0.39 is 0 Å². The molecule has 0 radical (unpaired) electrons. The van der Waals surface area contributed by atoms with E-state index >= 15 is 0 Å². The van der Waals surface area contributed by atoms with Gasteiger partial charge in [0.25, 0.3) is 0 Å². The Morgan fingerprint density at radius 2 is 2.00 bits per heavy atom. The summed E-state index contributed by atoms with van der Waals surface area (Å²) in [7, 11) is 0. The number of nitrogens with two attached hydrogens (primary N) is 2. The molecular weight excluding hydrogens is 370 g/mol. The second-order valence-corrected chi connectivity index (χ2v) is 8.49. The van der Waals surface area contributed by atoms with E-state index in [0.29, 0.717) is 10.7 Å². The third-order valence-electron chi connectivity index (χ3n) is 5.65. The van der Waals surface area contributed by atoms with Crippen LogP contribution in [0.5, 0.6) is 0 Å². The van der Waals surface area contributed by atoms with E-state index in [0.717, 1.165) is 61.2 Å². The fourth-order valence-electron chi connectivity index (χ4n) is 4.63. The van der Waals surface area contributed by atoms with Crippen LogP contribution in [0.4, 0.5) is 10.7 Å². The van der Waals surface area contributed by atoms with Crippen molar-refractivity contribution in [3.8, 4) is 11.4 Å². The van der Waals surface area contributed by atoms with E-state index in [9.17, 15) is 0 Å². The van der Waals surface area contributed by atoms with Crippen LogP contribution in [0.15, 0.2) is 16.8 Å². The third kappa shape index (κ3) is 2.13. The van der Waals surface area contributed by atoms with Crippen LogP contribution in [0, 0.1) is 0 Å². The van der Waals surface area contributed by atoms with Gasteiger partial charge in [-0.1, -0.05) is 5.16 Å². The molecule has 26 heavy (non-hydrogen) atoms. The summed E-state index contributed by atoms with van der Waals surface area (Å²) in [6.07, 6.45) is 7.74. The number of thiophene rings is 1. The Morgan fingerprint density at radius 1 is 1.19 bits per heavy atom. The lowest BCUT2D eigenvalue weighted by Crippen LogP contribution is -2.35. The molecule has 8 heteroatoms. The number of anilines is 2. The summed E-state index contributed by atoms with van der Waals surface area (Å²) >= 11 is 7.58. The van der Waals surface area contributed by atoms with Gasteiger partial charge >= 0.3 is 0 Å². The summed E-state index contributed by atoms with van der Waals surface area (Å²) in [4.78, 5) is 9.56. The Morgan fingerprint density at radius 3 is 2.81 bits per heavy atom. The molecule has 6 nitrogen and oxygen atoms in total. The zero-order valence-electron chi connectivity index (χ0n) is 14.1. The van der Waals surface area contributed by atoms with Crippen LogP contribution in [0.3, 0.4) is 0 Å². The maximum Gasteiger partial charge on any atom is 0.222 e. The molecule has 3 aromatic heterocycles. The second-order valence-electron chi connectivity index (χ2n) is 7.02. The van der Waals surface area contributed by atoms with Crippen molar-refractivity contribution in [3.63, 3.8) is 0 Å². The van der Waals surface area contributed by atoms with E-state index in [1.165, 1.54) is 10.4 Å². The quantitative estimate of drug-likeness (QED) is 0.612. The SMILES string of the molecule is Nc1sc2c(c1N)[C@@]1(CCC2)CCCc2c(-c3ccnc(Cl)n3)noc21. The molecule has 3 aromatic rings. The zero-order valence-corrected chi connectivity index (χ0v) is 15.7. The first-order valence-electron chi connectivity index (χ1n) is 8.75. The largest absolute Gasteiger partial charge is 0.396 e. The molecular formula is C18H18ClN5OS. The number of halogens is 1. The minimum Gasteiger partial charge on any atom is -0.396 e. The van der Waals surface area contributed by atoms with Gasteiger partial charge in [0.05, 0.1) is 16.8 Å². The fourth-order valence-corrected chi connectivity index (χ4v) is 5.91. The lowest BCUT2D eigenvalue weighted by molar-refractivity contribution is 0.266. The Labute approximate surface area is 159 Å². The Bertz CT molecular complexity index is 1010. The number of aromatic nitrogens is 3. The number of hydrogen-bond donors (Lipinski definition) is 2. The van der Waals surface area contributed by atoms with E-state index in [1.807, 2.05) is 6.07 Å². The Hall–Kier alpha value is -2.12. The minimum atomic E-state index is -0.221. The van der Waals surface area contributed by atoms with E-state index in [4.69, 9.17) is 27.6 Å². The van der Waals surface area contributed by atoms with Crippen molar-refractivity contribution in [2.75, 3.05) is 11.5 Å². The van der Waals surface area contributed by atoms with E-state index in [1.54, 1.807) is 17.5 Å². The summed E-state index contributed by atoms with van der Waals surface area (Å²) < 4.78 is 5.95. The Balaban J connectivity index is 1.72. The van der Waals surface area contributed by atoms with Crippen molar-refractivity contribution in [1.29, 1.82) is 0 Å². The van der Waals surface area contributed by atoms with Gasteiger partial charge in [-0.3, -0.25) is 0 Å².